The average Bonchev–Trinajstić information content (AvgIpc) is 0.924. The number of esters is 4. The fraction of sp³-hybridized carbons (Fsp3) is 0.953. The van der Waals surface area contributed by atoms with E-state index < -0.39 is 97.5 Å². The van der Waals surface area contributed by atoms with E-state index in [4.69, 9.17) is 37.0 Å². The van der Waals surface area contributed by atoms with Crippen LogP contribution in [0.15, 0.2) is 0 Å². The first-order valence-corrected chi connectivity index (χ1v) is 46.9. The number of phosphoric ester groups is 2. The number of ether oxygens (including phenoxy) is 4. The zero-order chi connectivity index (χ0) is 76.5. The van der Waals surface area contributed by atoms with E-state index in [2.05, 4.69) is 48.5 Å². The summed E-state index contributed by atoms with van der Waals surface area (Å²) in [4.78, 5) is 73.2. The number of unbranched alkanes of at least 4 members (excludes halogenated alkanes) is 50. The molecule has 0 aliphatic rings. The van der Waals surface area contributed by atoms with E-state index in [-0.39, 0.29) is 25.7 Å². The Kier molecular flexibility index (Phi) is 73.7. The van der Waals surface area contributed by atoms with Crippen LogP contribution in [0.3, 0.4) is 0 Å². The van der Waals surface area contributed by atoms with Crippen molar-refractivity contribution in [1.29, 1.82) is 0 Å². The molecule has 0 aromatic carbocycles. The highest BCUT2D eigenvalue weighted by molar-refractivity contribution is 7.47. The fourth-order valence-corrected chi connectivity index (χ4v) is 14.7. The zero-order valence-corrected chi connectivity index (χ0v) is 70.3. The molecule has 0 bridgehead atoms. The fourth-order valence-electron chi connectivity index (χ4n) is 13.2. The minimum Gasteiger partial charge on any atom is -0.462 e. The van der Waals surface area contributed by atoms with Crippen LogP contribution in [0.4, 0.5) is 0 Å². The number of aliphatic hydroxyl groups is 1. The van der Waals surface area contributed by atoms with Gasteiger partial charge in [-0.15, -0.1) is 0 Å². The normalized spacial score (nSPS) is 14.2. The molecule has 0 spiro atoms. The third-order valence-electron chi connectivity index (χ3n) is 20.2. The molecule has 0 saturated carbocycles. The number of hydrogen-bond donors (Lipinski definition) is 3. The van der Waals surface area contributed by atoms with Crippen LogP contribution in [0.1, 0.15) is 447 Å². The van der Waals surface area contributed by atoms with Crippen LogP contribution in [-0.4, -0.2) is 96.7 Å². The van der Waals surface area contributed by atoms with Gasteiger partial charge in [0.15, 0.2) is 12.2 Å². The molecule has 0 aromatic heterocycles. The van der Waals surface area contributed by atoms with Gasteiger partial charge in [-0.25, -0.2) is 9.13 Å². The van der Waals surface area contributed by atoms with Crippen LogP contribution < -0.4 is 0 Å². The molecule has 3 unspecified atom stereocenters. The maximum absolute atomic E-state index is 13.1. The van der Waals surface area contributed by atoms with Crippen LogP contribution in [-0.2, 0) is 65.4 Å². The van der Waals surface area contributed by atoms with E-state index in [1.54, 1.807) is 0 Å². The van der Waals surface area contributed by atoms with Gasteiger partial charge >= 0.3 is 39.5 Å². The van der Waals surface area contributed by atoms with Crippen molar-refractivity contribution in [1.82, 2.24) is 0 Å². The molecular weight excluding hydrogens is 1350 g/mol. The Bertz CT molecular complexity index is 2010. The maximum atomic E-state index is 13.1. The molecule has 0 aromatic rings. The predicted octanol–water partition coefficient (Wildman–Crippen LogP) is 25.7. The molecule has 0 fully saturated rings. The smallest absolute Gasteiger partial charge is 0.462 e. The summed E-state index contributed by atoms with van der Waals surface area (Å²) in [5, 5.41) is 10.7. The summed E-state index contributed by atoms with van der Waals surface area (Å²) >= 11 is 0. The van der Waals surface area contributed by atoms with Crippen molar-refractivity contribution in [3.8, 4) is 0 Å². The SMILES string of the molecule is CCCCCCCCCCCCCC(=O)OC[C@H](COP(=O)(O)OC[C@H](O)COP(=O)(O)OC[C@@H](COC(=O)CCCCCCCCCCCCCCCCCC(C)C)OC(=O)CCCCCCCCCCCCCCCCCCCCC(C)C)OC(=O)CCCCCCCCCCCCC(C)CC. The first-order chi connectivity index (χ1) is 50.3. The number of aliphatic hydroxyl groups excluding tert-OH is 1. The van der Waals surface area contributed by atoms with Gasteiger partial charge in [-0.3, -0.25) is 37.3 Å². The number of carbonyl (C=O) groups excluding carboxylic acids is 4. The van der Waals surface area contributed by atoms with Crippen molar-refractivity contribution in [2.75, 3.05) is 39.6 Å². The number of rotatable bonds is 83. The first-order valence-electron chi connectivity index (χ1n) is 43.9. The number of carbonyl (C=O) groups is 4. The summed E-state index contributed by atoms with van der Waals surface area (Å²) in [5.41, 5.74) is 0. The van der Waals surface area contributed by atoms with E-state index in [1.807, 2.05) is 0 Å². The van der Waals surface area contributed by atoms with E-state index in [0.717, 1.165) is 108 Å². The van der Waals surface area contributed by atoms with Crippen molar-refractivity contribution >= 4 is 39.5 Å². The largest absolute Gasteiger partial charge is 0.472 e. The second-order valence-electron chi connectivity index (χ2n) is 31.8. The Morgan fingerprint density at radius 3 is 0.731 bits per heavy atom. The molecule has 0 rings (SSSR count). The predicted molar refractivity (Wildman–Crippen MR) is 428 cm³/mol. The van der Waals surface area contributed by atoms with Crippen LogP contribution in [0.25, 0.3) is 0 Å². The lowest BCUT2D eigenvalue weighted by Crippen LogP contribution is -2.30. The first kappa shape index (κ1) is 102. The average molecular weight is 1520 g/mol. The van der Waals surface area contributed by atoms with Gasteiger partial charge < -0.3 is 33.8 Å². The van der Waals surface area contributed by atoms with Gasteiger partial charge in [-0.2, -0.15) is 0 Å². The van der Waals surface area contributed by atoms with Gasteiger partial charge in [-0.1, -0.05) is 395 Å². The lowest BCUT2D eigenvalue weighted by atomic mass is 9.99. The molecule has 6 atom stereocenters. The number of phosphoric acid groups is 2. The van der Waals surface area contributed by atoms with Gasteiger partial charge in [0.2, 0.25) is 0 Å². The topological polar surface area (TPSA) is 237 Å². The summed E-state index contributed by atoms with van der Waals surface area (Å²) < 4.78 is 68.9. The van der Waals surface area contributed by atoms with Crippen molar-refractivity contribution < 1.29 is 80.2 Å². The summed E-state index contributed by atoms with van der Waals surface area (Å²) in [6, 6.07) is 0. The highest BCUT2D eigenvalue weighted by Crippen LogP contribution is 2.45. The summed E-state index contributed by atoms with van der Waals surface area (Å²) in [5.74, 6) is 0.325. The lowest BCUT2D eigenvalue weighted by Gasteiger charge is -2.21. The number of hydrogen-bond acceptors (Lipinski definition) is 15. The molecule has 0 saturated heterocycles. The Hall–Kier alpha value is -1.94. The van der Waals surface area contributed by atoms with Gasteiger partial charge in [0, 0.05) is 25.7 Å². The molecule has 618 valence electrons. The molecule has 19 heteroatoms. The third kappa shape index (κ3) is 76.8. The zero-order valence-electron chi connectivity index (χ0n) is 68.5. The molecule has 17 nitrogen and oxygen atoms in total. The standard InChI is InChI=1S/C85H166O17P2/c1-8-10-11-12-13-14-28-38-45-52-59-66-82(87)95-72-81(102-85(90)69-62-55-48-41-34-33-37-44-51-58-65-78(7)9-2)75-100-104(93,94)98-71-79(86)70-97-103(91,92)99-74-80(73-96-83(88)67-60-53-46-39-31-26-23-19-21-25-30-36-43-50-57-64-77(5)6)101-84(89)68-61-54-47-40-32-27-22-18-16-15-17-20-24-29-35-42-49-56-63-76(3)4/h76-81,86H,8-75H2,1-7H3,(H,91,92)(H,93,94)/t78?,79-,80-,81-/m1/s1. The monoisotopic (exact) mass is 1520 g/mol. The second kappa shape index (κ2) is 75.1. The van der Waals surface area contributed by atoms with Crippen molar-refractivity contribution in [3.05, 3.63) is 0 Å². The van der Waals surface area contributed by atoms with Crippen molar-refractivity contribution in [2.45, 2.75) is 465 Å². The summed E-state index contributed by atoms with van der Waals surface area (Å²) in [6.45, 7) is 12.1. The second-order valence-corrected chi connectivity index (χ2v) is 34.7. The van der Waals surface area contributed by atoms with Gasteiger partial charge in [0.05, 0.1) is 26.4 Å². The van der Waals surface area contributed by atoms with Gasteiger partial charge in [0.25, 0.3) is 0 Å². The molecule has 0 amide bonds. The van der Waals surface area contributed by atoms with E-state index in [0.29, 0.717) is 25.7 Å². The van der Waals surface area contributed by atoms with Gasteiger partial charge in [-0.05, 0) is 43.4 Å². The summed E-state index contributed by atoms with van der Waals surface area (Å²) in [6.07, 6.45) is 65.1. The van der Waals surface area contributed by atoms with Crippen molar-refractivity contribution in [2.24, 2.45) is 17.8 Å². The van der Waals surface area contributed by atoms with Crippen LogP contribution in [0.2, 0.25) is 0 Å². The van der Waals surface area contributed by atoms with E-state index >= 15 is 0 Å². The molecule has 0 heterocycles. The minimum atomic E-state index is -4.97. The third-order valence-corrected chi connectivity index (χ3v) is 22.1. The van der Waals surface area contributed by atoms with Crippen LogP contribution in [0.5, 0.6) is 0 Å². The lowest BCUT2D eigenvalue weighted by molar-refractivity contribution is -0.161. The minimum absolute atomic E-state index is 0.107. The Morgan fingerprint density at radius 1 is 0.279 bits per heavy atom. The molecule has 0 aliphatic carbocycles. The summed E-state index contributed by atoms with van der Waals surface area (Å²) in [7, 11) is -9.93. The van der Waals surface area contributed by atoms with Gasteiger partial charge in [0.1, 0.15) is 19.3 Å². The quantitative estimate of drug-likeness (QED) is 0.0222. The Labute approximate surface area is 638 Å². The molecule has 0 aliphatic heterocycles. The molecule has 104 heavy (non-hydrogen) atoms. The highest BCUT2D eigenvalue weighted by atomic mass is 31.2. The van der Waals surface area contributed by atoms with E-state index in [9.17, 15) is 43.2 Å². The molecular formula is C85H166O17P2. The van der Waals surface area contributed by atoms with Crippen LogP contribution >= 0.6 is 15.6 Å². The molecule has 3 N–H and O–H groups in total. The molecule has 0 radical (unpaired) electrons. The maximum Gasteiger partial charge on any atom is 0.472 e. The van der Waals surface area contributed by atoms with E-state index in [1.165, 1.54) is 257 Å². The van der Waals surface area contributed by atoms with Crippen LogP contribution in [0, 0.1) is 17.8 Å². The Morgan fingerprint density at radius 2 is 0.490 bits per heavy atom. The van der Waals surface area contributed by atoms with Crippen molar-refractivity contribution in [3.63, 3.8) is 0 Å². The highest BCUT2D eigenvalue weighted by Gasteiger charge is 2.30. The Balaban J connectivity index is 5.24.